The second-order valence-corrected chi connectivity index (χ2v) is 12.3. The second-order valence-electron chi connectivity index (χ2n) is 12.3. The molecule has 4 N–H and O–H groups in total. The van der Waals surface area contributed by atoms with Crippen molar-refractivity contribution in [2.24, 2.45) is 17.6 Å². The second kappa shape index (κ2) is 20.7. The number of Topliss-reactive ketones (excluding diaryl/α,β-unsaturated/α-hetero) is 2. The van der Waals surface area contributed by atoms with Gasteiger partial charge in [-0.3, -0.25) is 33.6 Å². The molecule has 18 heteroatoms. The van der Waals surface area contributed by atoms with Crippen LogP contribution in [0, 0.1) is 40.9 Å². The molecule has 2 rings (SSSR count). The molecule has 13 nitrogen and oxygen atoms in total. The molecule has 0 fully saturated rings. The smallest absolute Gasteiger partial charge is 0.313 e. The van der Waals surface area contributed by atoms with E-state index in [2.05, 4.69) is 15.4 Å². The van der Waals surface area contributed by atoms with Crippen molar-refractivity contribution >= 4 is 41.2 Å². The van der Waals surface area contributed by atoms with E-state index in [-0.39, 0.29) is 44.4 Å². The number of amides is 3. The quantitative estimate of drug-likeness (QED) is 0.0425. The number of nitrogens with two attached hydrogens (primary N) is 1. The van der Waals surface area contributed by atoms with Crippen molar-refractivity contribution in [1.82, 2.24) is 10.6 Å². The predicted octanol–water partition coefficient (Wildman–Crippen LogP) is 3.06. The van der Waals surface area contributed by atoms with E-state index in [1.165, 1.54) is 13.8 Å². The monoisotopic (exact) mass is 757 g/mol. The first kappa shape index (κ1) is 43.9. The first-order valence-corrected chi connectivity index (χ1v) is 16.3. The number of primary amides is 1. The van der Waals surface area contributed by atoms with E-state index in [9.17, 15) is 55.5 Å². The van der Waals surface area contributed by atoms with Crippen LogP contribution in [-0.4, -0.2) is 66.5 Å². The lowest BCUT2D eigenvalue weighted by atomic mass is 9.97. The van der Waals surface area contributed by atoms with Gasteiger partial charge in [0.15, 0.2) is 11.6 Å². The number of ketones is 2. The van der Waals surface area contributed by atoms with Gasteiger partial charge in [-0.1, -0.05) is 45.0 Å². The summed E-state index contributed by atoms with van der Waals surface area (Å²) in [5.74, 6) is -19.7. The standard InChI is InChI=1S/C35H40F5N3O10/c1-17(2)35(50)52-16-21-7-5-20(6-8-21)14-24(45)22(15-25(41)46)43-34(49)18(3)13-23(44)19(4)42-26(47)9-11-51-12-10-27(48)53-33-31(39)29(37)28(36)30(38)32(33)40/h5-8,17-19,22H,9-16H2,1-4H3,(H2,41,46)(H,42,47)(H,43,49)/t18-,19+,22+/m1/s1. The van der Waals surface area contributed by atoms with E-state index in [0.717, 1.165) is 0 Å². The molecule has 0 spiro atoms. The van der Waals surface area contributed by atoms with Crippen molar-refractivity contribution in [2.45, 2.75) is 78.5 Å². The largest absolute Gasteiger partial charge is 0.461 e. The van der Waals surface area contributed by atoms with E-state index in [1.54, 1.807) is 38.1 Å². The predicted molar refractivity (Wildman–Crippen MR) is 174 cm³/mol. The number of rotatable bonds is 21. The van der Waals surface area contributed by atoms with Crippen molar-refractivity contribution < 1.29 is 69.7 Å². The highest BCUT2D eigenvalue weighted by Gasteiger charge is 2.29. The fourth-order valence-corrected chi connectivity index (χ4v) is 4.39. The molecule has 0 saturated carbocycles. The number of nitrogens with one attached hydrogen (secondary N) is 2. The summed E-state index contributed by atoms with van der Waals surface area (Å²) in [6, 6.07) is 4.27. The minimum absolute atomic E-state index is 0.0486. The zero-order chi connectivity index (χ0) is 40.0. The highest BCUT2D eigenvalue weighted by Crippen LogP contribution is 2.29. The Bertz CT molecular complexity index is 1660. The van der Waals surface area contributed by atoms with Crippen molar-refractivity contribution in [3.63, 3.8) is 0 Å². The molecule has 2 aromatic carbocycles. The number of benzene rings is 2. The molecule has 2 aromatic rings. The van der Waals surface area contributed by atoms with Gasteiger partial charge in [-0.2, -0.15) is 8.78 Å². The molecular weight excluding hydrogens is 717 g/mol. The third kappa shape index (κ3) is 14.0. The summed E-state index contributed by atoms with van der Waals surface area (Å²) in [6.07, 6.45) is -1.99. The van der Waals surface area contributed by atoms with Gasteiger partial charge in [-0.25, -0.2) is 13.2 Å². The molecule has 3 amide bonds. The number of esters is 2. The maximum Gasteiger partial charge on any atom is 0.313 e. The Balaban J connectivity index is 1.79. The van der Waals surface area contributed by atoms with Gasteiger partial charge in [-0.05, 0) is 18.1 Å². The number of hydrogen-bond donors (Lipinski definition) is 3. The summed E-state index contributed by atoms with van der Waals surface area (Å²) in [6.45, 7) is 5.47. The van der Waals surface area contributed by atoms with Gasteiger partial charge >= 0.3 is 11.9 Å². The molecule has 0 aliphatic carbocycles. The van der Waals surface area contributed by atoms with Crippen molar-refractivity contribution in [3.05, 3.63) is 64.5 Å². The number of ether oxygens (including phenoxy) is 3. The minimum Gasteiger partial charge on any atom is -0.461 e. The molecule has 3 atom stereocenters. The molecule has 0 bridgehead atoms. The molecule has 0 saturated heterocycles. The van der Waals surface area contributed by atoms with Crippen LogP contribution in [0.1, 0.15) is 64.5 Å². The van der Waals surface area contributed by atoms with Crippen LogP contribution < -0.4 is 21.1 Å². The Labute approximate surface area is 301 Å². The highest BCUT2D eigenvalue weighted by molar-refractivity contribution is 5.96. The number of halogens is 5. The average molecular weight is 758 g/mol. The van der Waals surface area contributed by atoms with Gasteiger partial charge in [0.1, 0.15) is 6.61 Å². The first-order chi connectivity index (χ1) is 24.8. The fraction of sp³-hybridized carbons (Fsp3) is 0.457. The van der Waals surface area contributed by atoms with Crippen molar-refractivity contribution in [2.75, 3.05) is 13.2 Å². The lowest BCUT2D eigenvalue weighted by molar-refractivity contribution is -0.148. The fourth-order valence-electron chi connectivity index (χ4n) is 4.39. The van der Waals surface area contributed by atoms with Crippen LogP contribution in [-0.2, 0) is 56.1 Å². The minimum atomic E-state index is -2.42. The summed E-state index contributed by atoms with van der Waals surface area (Å²) < 4.78 is 81.4. The van der Waals surface area contributed by atoms with Gasteiger partial charge in [0.25, 0.3) is 0 Å². The molecular formula is C35H40F5N3O10. The Morgan fingerprint density at radius 1 is 0.717 bits per heavy atom. The molecule has 0 aromatic heterocycles. The first-order valence-electron chi connectivity index (χ1n) is 16.3. The average Bonchev–Trinajstić information content (AvgIpc) is 3.10. The lowest BCUT2D eigenvalue weighted by Crippen LogP contribution is -2.47. The summed E-state index contributed by atoms with van der Waals surface area (Å²) in [5, 5.41) is 4.86. The summed E-state index contributed by atoms with van der Waals surface area (Å²) in [4.78, 5) is 86.0. The Morgan fingerprint density at radius 3 is 1.83 bits per heavy atom. The molecule has 0 aliphatic heterocycles. The molecule has 53 heavy (non-hydrogen) atoms. The summed E-state index contributed by atoms with van der Waals surface area (Å²) >= 11 is 0. The Morgan fingerprint density at radius 2 is 1.26 bits per heavy atom. The Kier molecular flexibility index (Phi) is 17.1. The summed E-state index contributed by atoms with van der Waals surface area (Å²) in [7, 11) is 0. The van der Waals surface area contributed by atoms with Gasteiger partial charge in [0, 0.05) is 25.2 Å². The number of carbonyl (C=O) groups excluding carboxylic acids is 7. The van der Waals surface area contributed by atoms with Gasteiger partial charge in [-0.15, -0.1) is 0 Å². The van der Waals surface area contributed by atoms with Crippen LogP contribution in [0.4, 0.5) is 22.0 Å². The normalized spacial score (nSPS) is 12.7. The van der Waals surface area contributed by atoms with E-state index in [1.807, 2.05) is 0 Å². The van der Waals surface area contributed by atoms with Crippen LogP contribution in [0.3, 0.4) is 0 Å². The topological polar surface area (TPSA) is 197 Å². The maximum absolute atomic E-state index is 13.7. The zero-order valence-electron chi connectivity index (χ0n) is 29.3. The third-order valence-electron chi connectivity index (χ3n) is 7.49. The van der Waals surface area contributed by atoms with Crippen LogP contribution >= 0.6 is 0 Å². The lowest BCUT2D eigenvalue weighted by Gasteiger charge is -2.20. The Hall–Kier alpha value is -5.26. The highest BCUT2D eigenvalue weighted by atomic mass is 19.2. The zero-order valence-corrected chi connectivity index (χ0v) is 29.3. The molecule has 0 radical (unpaired) electrons. The number of hydrogen-bond acceptors (Lipinski definition) is 10. The van der Waals surface area contributed by atoms with E-state index >= 15 is 0 Å². The molecule has 0 aliphatic rings. The van der Waals surface area contributed by atoms with Crippen LogP contribution in [0.25, 0.3) is 0 Å². The maximum atomic E-state index is 13.7. The van der Waals surface area contributed by atoms with Gasteiger partial charge < -0.3 is 30.6 Å². The van der Waals surface area contributed by atoms with Crippen LogP contribution in [0.15, 0.2) is 24.3 Å². The van der Waals surface area contributed by atoms with Crippen molar-refractivity contribution in [1.29, 1.82) is 0 Å². The van der Waals surface area contributed by atoms with Crippen molar-refractivity contribution in [3.8, 4) is 5.75 Å². The molecule has 290 valence electrons. The third-order valence-corrected chi connectivity index (χ3v) is 7.49. The van der Waals surface area contributed by atoms with Crippen LogP contribution in [0.2, 0.25) is 0 Å². The van der Waals surface area contributed by atoms with Crippen LogP contribution in [0.5, 0.6) is 5.75 Å². The molecule has 0 heterocycles. The van der Waals surface area contributed by atoms with Gasteiger partial charge in [0.05, 0.1) is 44.1 Å². The SMILES string of the molecule is CC(C)C(=O)OCc1ccc(CC(=O)[C@H](CC(N)=O)NC(=O)[C@H](C)CC(=O)[C@H](C)NC(=O)CCOCCC(=O)Oc2c(F)c(F)c(F)c(F)c2F)cc1. The van der Waals surface area contributed by atoms with Gasteiger partial charge in [0.2, 0.25) is 52.6 Å². The van der Waals surface area contributed by atoms with E-state index < -0.39 is 108 Å². The van der Waals surface area contributed by atoms with E-state index in [0.29, 0.717) is 11.1 Å². The molecule has 0 unspecified atom stereocenters. The summed E-state index contributed by atoms with van der Waals surface area (Å²) in [5.41, 5.74) is 6.54. The number of carbonyl (C=O) groups is 7. The van der Waals surface area contributed by atoms with E-state index in [4.69, 9.17) is 15.2 Å².